The van der Waals surface area contributed by atoms with Gasteiger partial charge < -0.3 is 39.8 Å². The summed E-state index contributed by atoms with van der Waals surface area (Å²) < 4.78 is 16.9. The molecule has 4 rings (SSSR count). The van der Waals surface area contributed by atoms with E-state index in [1.54, 1.807) is 7.11 Å². The standard InChI is InChI=1S/C24H26N2O4.C2H2O4/c1-28-21-10-4-5-11-22(21)29-14-13-25-15-17(27)16-30-23-12-6-9-20-24(23)18-7-2-3-8-19(18)26-20;3-1(4)2(5)6/h2-12,17,25-27H,13-16H2,1H3;(H,3,4)(H,5,6). The zero-order chi connectivity index (χ0) is 25.9. The van der Waals surface area contributed by atoms with Crippen molar-refractivity contribution in [3.63, 3.8) is 0 Å². The van der Waals surface area contributed by atoms with E-state index in [2.05, 4.69) is 16.4 Å². The van der Waals surface area contributed by atoms with Crippen LogP contribution in [0.2, 0.25) is 0 Å². The van der Waals surface area contributed by atoms with Crippen LogP contribution in [-0.2, 0) is 9.59 Å². The average Bonchev–Trinajstić information content (AvgIpc) is 3.27. The highest BCUT2D eigenvalue weighted by Gasteiger charge is 2.11. The first-order valence-electron chi connectivity index (χ1n) is 11.1. The van der Waals surface area contributed by atoms with E-state index in [4.69, 9.17) is 34.0 Å². The molecule has 0 aliphatic carbocycles. The van der Waals surface area contributed by atoms with E-state index in [9.17, 15) is 5.11 Å². The first-order valence-corrected chi connectivity index (χ1v) is 11.1. The van der Waals surface area contributed by atoms with Crippen molar-refractivity contribution in [1.82, 2.24) is 10.3 Å². The summed E-state index contributed by atoms with van der Waals surface area (Å²) in [6, 6.07) is 21.6. The number of methoxy groups -OCH3 is 1. The fourth-order valence-electron chi connectivity index (χ4n) is 3.47. The molecule has 0 saturated heterocycles. The molecule has 190 valence electrons. The number of hydrogen-bond acceptors (Lipinski definition) is 7. The van der Waals surface area contributed by atoms with Gasteiger partial charge in [0.25, 0.3) is 0 Å². The minimum Gasteiger partial charge on any atom is -0.493 e. The third kappa shape index (κ3) is 7.11. The van der Waals surface area contributed by atoms with E-state index in [0.29, 0.717) is 31.2 Å². The fraction of sp³-hybridized carbons (Fsp3) is 0.231. The van der Waals surface area contributed by atoms with E-state index in [-0.39, 0.29) is 6.61 Å². The van der Waals surface area contributed by atoms with Gasteiger partial charge in [-0.25, -0.2) is 9.59 Å². The predicted octanol–water partition coefficient (Wildman–Crippen LogP) is 2.89. The lowest BCUT2D eigenvalue weighted by Crippen LogP contribution is -2.33. The zero-order valence-corrected chi connectivity index (χ0v) is 19.6. The van der Waals surface area contributed by atoms with Crippen molar-refractivity contribution in [2.24, 2.45) is 0 Å². The van der Waals surface area contributed by atoms with E-state index in [1.807, 2.05) is 60.7 Å². The molecule has 5 N–H and O–H groups in total. The Morgan fingerprint density at radius 1 is 0.861 bits per heavy atom. The SMILES string of the molecule is COc1ccccc1OCCNCC(O)COc1cccc2[nH]c3ccccc3c12.O=C(O)C(=O)O. The van der Waals surface area contributed by atoms with Gasteiger partial charge in [-0.15, -0.1) is 0 Å². The van der Waals surface area contributed by atoms with Crippen molar-refractivity contribution in [3.05, 3.63) is 66.7 Å². The van der Waals surface area contributed by atoms with E-state index in [1.165, 1.54) is 0 Å². The summed E-state index contributed by atoms with van der Waals surface area (Å²) in [4.78, 5) is 21.6. The summed E-state index contributed by atoms with van der Waals surface area (Å²) in [7, 11) is 1.62. The number of H-pyrrole nitrogens is 1. The molecule has 0 bridgehead atoms. The van der Waals surface area contributed by atoms with Gasteiger partial charge >= 0.3 is 11.9 Å². The summed E-state index contributed by atoms with van der Waals surface area (Å²) in [5.41, 5.74) is 2.09. The number of hydrogen-bond donors (Lipinski definition) is 5. The summed E-state index contributed by atoms with van der Waals surface area (Å²) in [5.74, 6) is -1.47. The molecule has 0 spiro atoms. The van der Waals surface area contributed by atoms with Crippen LogP contribution < -0.4 is 19.5 Å². The maximum absolute atomic E-state index is 10.3. The number of benzene rings is 3. The number of nitrogens with one attached hydrogen (secondary N) is 2. The lowest BCUT2D eigenvalue weighted by atomic mass is 10.1. The molecule has 0 aliphatic rings. The summed E-state index contributed by atoms with van der Waals surface area (Å²) in [6.45, 7) is 1.70. The van der Waals surface area contributed by atoms with Gasteiger partial charge in [-0.1, -0.05) is 36.4 Å². The van der Waals surface area contributed by atoms with Crippen LogP contribution in [0.4, 0.5) is 0 Å². The van der Waals surface area contributed by atoms with Gasteiger partial charge in [0, 0.05) is 29.4 Å². The first-order chi connectivity index (χ1) is 17.4. The van der Waals surface area contributed by atoms with Crippen molar-refractivity contribution in [1.29, 1.82) is 0 Å². The lowest BCUT2D eigenvalue weighted by molar-refractivity contribution is -0.159. The van der Waals surface area contributed by atoms with Crippen molar-refractivity contribution >= 4 is 33.7 Å². The number of carbonyl (C=O) groups is 2. The first kappa shape index (κ1) is 26.3. The van der Waals surface area contributed by atoms with Gasteiger partial charge in [-0.2, -0.15) is 0 Å². The molecule has 36 heavy (non-hydrogen) atoms. The van der Waals surface area contributed by atoms with Crippen LogP contribution in [0.3, 0.4) is 0 Å². The number of rotatable bonds is 10. The molecular formula is C26H28N2O8. The number of carboxylic acids is 2. The van der Waals surface area contributed by atoms with Crippen LogP contribution in [-0.4, -0.2) is 71.8 Å². The molecule has 1 aromatic heterocycles. The number of aliphatic hydroxyl groups excluding tert-OH is 1. The zero-order valence-electron chi connectivity index (χ0n) is 19.6. The largest absolute Gasteiger partial charge is 0.493 e. The highest BCUT2D eigenvalue weighted by molar-refractivity contribution is 6.27. The van der Waals surface area contributed by atoms with E-state index >= 15 is 0 Å². The minimum atomic E-state index is -1.82. The number of aliphatic carboxylic acids is 2. The normalized spacial score (nSPS) is 11.4. The number of para-hydroxylation sites is 3. The topological polar surface area (TPSA) is 150 Å². The van der Waals surface area contributed by atoms with Crippen molar-refractivity contribution in [2.75, 3.05) is 33.4 Å². The molecule has 0 aliphatic heterocycles. The summed E-state index contributed by atoms with van der Waals surface area (Å²) in [6.07, 6.45) is -0.628. The molecule has 0 saturated carbocycles. The average molecular weight is 497 g/mol. The second-order valence-electron chi connectivity index (χ2n) is 7.63. The number of fused-ring (bicyclic) bond motifs is 3. The van der Waals surface area contributed by atoms with Crippen LogP contribution in [0.5, 0.6) is 17.2 Å². The van der Waals surface area contributed by atoms with Gasteiger partial charge in [-0.05, 0) is 30.3 Å². The Hall–Kier alpha value is -4.28. The molecule has 0 fully saturated rings. The number of aromatic nitrogens is 1. The van der Waals surface area contributed by atoms with Crippen molar-refractivity contribution in [2.45, 2.75) is 6.10 Å². The van der Waals surface area contributed by atoms with Crippen LogP contribution in [0.15, 0.2) is 66.7 Å². The monoisotopic (exact) mass is 496 g/mol. The highest BCUT2D eigenvalue weighted by atomic mass is 16.5. The van der Waals surface area contributed by atoms with Gasteiger partial charge in [0.2, 0.25) is 0 Å². The van der Waals surface area contributed by atoms with Crippen LogP contribution in [0.25, 0.3) is 21.8 Å². The molecule has 10 heteroatoms. The Balaban J connectivity index is 0.000000538. The van der Waals surface area contributed by atoms with Crippen LogP contribution in [0, 0.1) is 0 Å². The molecule has 1 unspecified atom stereocenters. The van der Waals surface area contributed by atoms with Gasteiger partial charge in [0.1, 0.15) is 25.1 Å². The maximum atomic E-state index is 10.3. The van der Waals surface area contributed by atoms with Crippen LogP contribution >= 0.6 is 0 Å². The van der Waals surface area contributed by atoms with Gasteiger partial charge in [-0.3, -0.25) is 0 Å². The Bertz CT molecular complexity index is 1290. The predicted molar refractivity (Wildman–Crippen MR) is 134 cm³/mol. The van der Waals surface area contributed by atoms with Crippen molar-refractivity contribution in [3.8, 4) is 17.2 Å². The van der Waals surface area contributed by atoms with E-state index < -0.39 is 18.0 Å². The minimum absolute atomic E-state index is 0.207. The Morgan fingerprint density at radius 3 is 2.22 bits per heavy atom. The maximum Gasteiger partial charge on any atom is 0.414 e. The second-order valence-corrected chi connectivity index (χ2v) is 7.63. The quantitative estimate of drug-likeness (QED) is 0.165. The number of aliphatic hydroxyl groups is 1. The molecule has 1 atom stereocenters. The Labute approximate surface area is 207 Å². The second kappa shape index (κ2) is 13.0. The summed E-state index contributed by atoms with van der Waals surface area (Å²) >= 11 is 0. The van der Waals surface area contributed by atoms with Crippen LogP contribution in [0.1, 0.15) is 0 Å². The molecule has 0 radical (unpaired) electrons. The van der Waals surface area contributed by atoms with Crippen molar-refractivity contribution < 1.29 is 39.1 Å². The molecule has 0 amide bonds. The molecule has 1 heterocycles. The molecule has 4 aromatic rings. The number of ether oxygens (including phenoxy) is 3. The van der Waals surface area contributed by atoms with E-state index in [0.717, 1.165) is 27.6 Å². The lowest BCUT2D eigenvalue weighted by Gasteiger charge is -2.15. The molecular weight excluding hydrogens is 468 g/mol. The highest BCUT2D eigenvalue weighted by Crippen LogP contribution is 2.33. The summed E-state index contributed by atoms with van der Waals surface area (Å²) in [5, 5.41) is 30.4. The number of aromatic amines is 1. The molecule has 3 aromatic carbocycles. The molecule has 10 nitrogen and oxygen atoms in total. The smallest absolute Gasteiger partial charge is 0.414 e. The van der Waals surface area contributed by atoms with Gasteiger partial charge in [0.05, 0.1) is 12.6 Å². The number of carboxylic acid groups (broad SMARTS) is 2. The Morgan fingerprint density at radius 2 is 1.50 bits per heavy atom. The fourth-order valence-corrected chi connectivity index (χ4v) is 3.47. The van der Waals surface area contributed by atoms with Gasteiger partial charge in [0.15, 0.2) is 11.5 Å². The Kier molecular flexibility index (Phi) is 9.49. The third-order valence-electron chi connectivity index (χ3n) is 5.09. The third-order valence-corrected chi connectivity index (χ3v) is 5.09.